The van der Waals surface area contributed by atoms with E-state index in [2.05, 4.69) is 40.9 Å². The van der Waals surface area contributed by atoms with E-state index in [1.54, 1.807) is 0 Å². The molecule has 0 saturated heterocycles. The molecule has 9 nitrogen and oxygen atoms in total. The molecule has 0 bridgehead atoms. The van der Waals surface area contributed by atoms with E-state index in [0.29, 0.717) is 29.2 Å². The van der Waals surface area contributed by atoms with Crippen LogP contribution in [-0.4, -0.2) is 42.6 Å². The van der Waals surface area contributed by atoms with Gasteiger partial charge in [0.05, 0.1) is 0 Å². The minimum Gasteiger partial charge on any atom is -0.324 e. The first-order valence-corrected chi connectivity index (χ1v) is 8.82. The number of hydrogen-bond donors (Lipinski definition) is 2. The van der Waals surface area contributed by atoms with Crippen LogP contribution in [0.15, 0.2) is 54.9 Å². The number of benzene rings is 2. The Kier molecular flexibility index (Phi) is 5.07. The van der Waals surface area contributed by atoms with Gasteiger partial charge in [-0.2, -0.15) is 10.2 Å². The Morgan fingerprint density at radius 2 is 2.00 bits per heavy atom. The zero-order valence-corrected chi connectivity index (χ0v) is 15.7. The summed E-state index contributed by atoms with van der Waals surface area (Å²) in [6.07, 6.45) is 2.04. The zero-order chi connectivity index (χ0) is 19.3. The van der Waals surface area contributed by atoms with Crippen LogP contribution < -0.4 is 10.2 Å². The summed E-state index contributed by atoms with van der Waals surface area (Å²) in [7, 11) is 1.87. The summed E-state index contributed by atoms with van der Waals surface area (Å²) in [6.45, 7) is 0. The molecule has 0 saturated carbocycles. The number of aromatic amines is 1. The number of nitrogens with one attached hydrogen (secondary N) is 2. The van der Waals surface area contributed by atoms with E-state index in [-0.39, 0.29) is 0 Å². The van der Waals surface area contributed by atoms with Gasteiger partial charge in [-0.25, -0.2) is 9.97 Å². The highest BCUT2D eigenvalue weighted by atomic mass is 35.5. The molecule has 10 heteroatoms. The maximum absolute atomic E-state index is 6.07. The van der Waals surface area contributed by atoms with Crippen molar-refractivity contribution in [2.24, 2.45) is 0 Å². The lowest BCUT2D eigenvalue weighted by atomic mass is 10.1. The molecule has 0 amide bonds. The standard InChI is InChI=1S/C18H16ClN9/c1-28(15-7-3-5-13(19)10-15)18-21-11-20-17(23-18)22-14-6-2-4-12(8-14)9-16-24-26-27-25-16/h2-8,10-11H,9H2,1H3,(H,20,21,22,23)(H,24,25,26,27). The van der Waals surface area contributed by atoms with Gasteiger partial charge >= 0.3 is 0 Å². The molecule has 140 valence electrons. The zero-order valence-electron chi connectivity index (χ0n) is 14.9. The monoisotopic (exact) mass is 393 g/mol. The molecule has 4 rings (SSSR count). The maximum Gasteiger partial charge on any atom is 0.234 e. The first kappa shape index (κ1) is 17.8. The van der Waals surface area contributed by atoms with E-state index in [4.69, 9.17) is 11.6 Å². The number of H-pyrrole nitrogens is 1. The average molecular weight is 394 g/mol. The molecule has 0 atom stereocenters. The summed E-state index contributed by atoms with van der Waals surface area (Å²) in [4.78, 5) is 14.8. The molecule has 0 radical (unpaired) electrons. The number of anilines is 4. The number of hydrogen-bond acceptors (Lipinski definition) is 8. The lowest BCUT2D eigenvalue weighted by molar-refractivity contribution is 0.881. The largest absolute Gasteiger partial charge is 0.324 e. The fraction of sp³-hybridized carbons (Fsp3) is 0.111. The molecule has 2 N–H and O–H groups in total. The summed E-state index contributed by atoms with van der Waals surface area (Å²) in [5.74, 6) is 1.57. The average Bonchev–Trinajstić information content (AvgIpc) is 3.21. The first-order chi connectivity index (χ1) is 13.7. The SMILES string of the molecule is CN(c1cccc(Cl)c1)c1ncnc(Nc2cccc(Cc3nn[nH]n3)c2)n1. The summed E-state index contributed by atoms with van der Waals surface area (Å²) in [5.41, 5.74) is 2.77. The Morgan fingerprint density at radius 1 is 1.11 bits per heavy atom. The van der Waals surface area contributed by atoms with E-state index in [0.717, 1.165) is 16.9 Å². The van der Waals surface area contributed by atoms with E-state index in [9.17, 15) is 0 Å². The number of aromatic nitrogens is 7. The van der Waals surface area contributed by atoms with Crippen molar-refractivity contribution in [3.8, 4) is 0 Å². The van der Waals surface area contributed by atoms with Crippen molar-refractivity contribution in [2.75, 3.05) is 17.3 Å². The highest BCUT2D eigenvalue weighted by molar-refractivity contribution is 6.30. The summed E-state index contributed by atoms with van der Waals surface area (Å²) >= 11 is 6.07. The predicted molar refractivity (Wildman–Crippen MR) is 106 cm³/mol. The van der Waals surface area contributed by atoms with Gasteiger partial charge in [-0.15, -0.1) is 10.2 Å². The van der Waals surface area contributed by atoms with Gasteiger partial charge < -0.3 is 10.2 Å². The van der Waals surface area contributed by atoms with E-state index in [1.165, 1.54) is 6.33 Å². The van der Waals surface area contributed by atoms with Crippen molar-refractivity contribution < 1.29 is 0 Å². The highest BCUT2D eigenvalue weighted by Gasteiger charge is 2.10. The molecule has 0 unspecified atom stereocenters. The second-order valence-electron chi connectivity index (χ2n) is 5.98. The fourth-order valence-electron chi connectivity index (χ4n) is 2.64. The van der Waals surface area contributed by atoms with Gasteiger partial charge in [0.15, 0.2) is 5.82 Å². The van der Waals surface area contributed by atoms with Crippen LogP contribution in [0.2, 0.25) is 5.02 Å². The van der Waals surface area contributed by atoms with Crippen LogP contribution in [0, 0.1) is 0 Å². The fourth-order valence-corrected chi connectivity index (χ4v) is 2.82. The van der Waals surface area contributed by atoms with E-state index in [1.807, 2.05) is 60.5 Å². The van der Waals surface area contributed by atoms with Gasteiger partial charge in [0.2, 0.25) is 11.9 Å². The number of tetrazole rings is 1. The van der Waals surface area contributed by atoms with Crippen LogP contribution in [0.5, 0.6) is 0 Å². The van der Waals surface area contributed by atoms with Crippen molar-refractivity contribution in [1.82, 2.24) is 35.6 Å². The minimum atomic E-state index is 0.440. The molecule has 4 aromatic rings. The summed E-state index contributed by atoms with van der Waals surface area (Å²) in [6, 6.07) is 15.3. The Labute approximate surface area is 165 Å². The third-order valence-corrected chi connectivity index (χ3v) is 4.22. The second-order valence-corrected chi connectivity index (χ2v) is 6.41. The molecule has 28 heavy (non-hydrogen) atoms. The van der Waals surface area contributed by atoms with Crippen molar-refractivity contribution in [3.05, 3.63) is 71.3 Å². The van der Waals surface area contributed by atoms with Gasteiger partial charge in [0.1, 0.15) is 6.33 Å². The molecule has 2 aromatic heterocycles. The third kappa shape index (κ3) is 4.21. The maximum atomic E-state index is 6.07. The normalized spacial score (nSPS) is 10.6. The number of rotatable bonds is 6. The van der Waals surface area contributed by atoms with Crippen molar-refractivity contribution in [3.63, 3.8) is 0 Å². The molecule has 0 aliphatic rings. The predicted octanol–water partition coefficient (Wildman–Crippen LogP) is 3.14. The number of halogens is 1. The Morgan fingerprint density at radius 3 is 2.82 bits per heavy atom. The van der Waals surface area contributed by atoms with Gasteiger partial charge in [0, 0.05) is 29.9 Å². The topological polar surface area (TPSA) is 108 Å². The molecule has 2 heterocycles. The van der Waals surface area contributed by atoms with Crippen LogP contribution in [0.4, 0.5) is 23.3 Å². The van der Waals surface area contributed by atoms with Gasteiger partial charge in [-0.1, -0.05) is 35.0 Å². The number of nitrogens with zero attached hydrogens (tertiary/aromatic N) is 7. The highest BCUT2D eigenvalue weighted by Crippen LogP contribution is 2.24. The van der Waals surface area contributed by atoms with E-state index >= 15 is 0 Å². The van der Waals surface area contributed by atoms with Gasteiger partial charge in [-0.05, 0) is 35.9 Å². The lowest BCUT2D eigenvalue weighted by Gasteiger charge is -2.17. The van der Waals surface area contributed by atoms with Gasteiger partial charge in [-0.3, -0.25) is 0 Å². The Hall–Kier alpha value is -3.59. The summed E-state index contributed by atoms with van der Waals surface area (Å²) in [5, 5.41) is 17.8. The van der Waals surface area contributed by atoms with Crippen LogP contribution in [0.1, 0.15) is 11.4 Å². The lowest BCUT2D eigenvalue weighted by Crippen LogP contribution is -2.14. The quantitative estimate of drug-likeness (QED) is 0.514. The van der Waals surface area contributed by atoms with Crippen LogP contribution >= 0.6 is 11.6 Å². The van der Waals surface area contributed by atoms with Crippen molar-refractivity contribution in [2.45, 2.75) is 6.42 Å². The van der Waals surface area contributed by atoms with Gasteiger partial charge in [0.25, 0.3) is 0 Å². The van der Waals surface area contributed by atoms with Crippen molar-refractivity contribution in [1.29, 1.82) is 0 Å². The summed E-state index contributed by atoms with van der Waals surface area (Å²) < 4.78 is 0. The molecule has 0 fully saturated rings. The Bertz CT molecular complexity index is 1070. The molecular weight excluding hydrogens is 378 g/mol. The van der Waals surface area contributed by atoms with Crippen molar-refractivity contribution >= 4 is 34.9 Å². The van der Waals surface area contributed by atoms with E-state index < -0.39 is 0 Å². The minimum absolute atomic E-state index is 0.440. The van der Waals surface area contributed by atoms with Crippen LogP contribution in [0.25, 0.3) is 0 Å². The molecule has 0 aliphatic carbocycles. The molecular formula is C18H16ClN9. The first-order valence-electron chi connectivity index (χ1n) is 8.44. The third-order valence-electron chi connectivity index (χ3n) is 3.99. The second kappa shape index (κ2) is 7.97. The van der Waals surface area contributed by atoms with Crippen LogP contribution in [0.3, 0.4) is 0 Å². The Balaban J connectivity index is 1.52. The molecule has 0 spiro atoms. The smallest absolute Gasteiger partial charge is 0.234 e. The van der Waals surface area contributed by atoms with Crippen LogP contribution in [-0.2, 0) is 6.42 Å². The molecule has 2 aromatic carbocycles. The molecule has 0 aliphatic heterocycles.